The molecule has 142 valence electrons. The van der Waals surface area contributed by atoms with E-state index < -0.39 is 5.54 Å². The Morgan fingerprint density at radius 2 is 1.52 bits per heavy atom. The molecular formula is C22H28N4O. The molecule has 0 bridgehead atoms. The second-order valence-corrected chi connectivity index (χ2v) is 6.85. The molecule has 2 rings (SSSR count). The lowest BCUT2D eigenvalue weighted by Gasteiger charge is -2.29. The van der Waals surface area contributed by atoms with Crippen LogP contribution in [-0.4, -0.2) is 18.0 Å². The summed E-state index contributed by atoms with van der Waals surface area (Å²) in [5.41, 5.74) is 20.5. The summed E-state index contributed by atoms with van der Waals surface area (Å²) >= 11 is 0. The van der Waals surface area contributed by atoms with E-state index in [4.69, 9.17) is 17.2 Å². The predicted octanol–water partition coefficient (Wildman–Crippen LogP) is 2.29. The van der Waals surface area contributed by atoms with E-state index in [2.05, 4.69) is 42.8 Å². The molecule has 1 unspecified atom stereocenters. The van der Waals surface area contributed by atoms with Gasteiger partial charge in [-0.2, -0.15) is 0 Å². The fourth-order valence-corrected chi connectivity index (χ4v) is 2.22. The quantitative estimate of drug-likeness (QED) is 0.379. The molecule has 1 atom stereocenters. The predicted molar refractivity (Wildman–Crippen MR) is 113 cm³/mol. The Morgan fingerprint density at radius 3 is 1.85 bits per heavy atom. The highest BCUT2D eigenvalue weighted by Crippen LogP contribution is 2.08. The van der Waals surface area contributed by atoms with Crippen molar-refractivity contribution < 1.29 is 4.79 Å². The highest BCUT2D eigenvalue weighted by Gasteiger charge is 2.25. The number of nitrogens with one attached hydrogen (secondary N) is 1. The maximum absolute atomic E-state index is 10.1. The summed E-state index contributed by atoms with van der Waals surface area (Å²) in [6.45, 7) is 9.12. The van der Waals surface area contributed by atoms with E-state index in [-0.39, 0.29) is 6.04 Å². The van der Waals surface area contributed by atoms with Crippen LogP contribution in [0, 0.1) is 18.8 Å². The fraction of sp³-hybridized carbons (Fsp3) is 0.227. The van der Waals surface area contributed by atoms with E-state index in [0.29, 0.717) is 12.1 Å². The fourth-order valence-electron chi connectivity index (χ4n) is 2.22. The van der Waals surface area contributed by atoms with Gasteiger partial charge in [0.1, 0.15) is 0 Å². The Morgan fingerprint density at radius 1 is 1.07 bits per heavy atom. The van der Waals surface area contributed by atoms with Gasteiger partial charge in [-0.3, -0.25) is 4.79 Å². The summed E-state index contributed by atoms with van der Waals surface area (Å²) in [5.74, 6) is 6.22. The highest BCUT2D eigenvalue weighted by atomic mass is 16.1. The van der Waals surface area contributed by atoms with Crippen molar-refractivity contribution in [3.8, 4) is 11.8 Å². The molecule has 0 saturated heterocycles. The average molecular weight is 364 g/mol. The zero-order chi connectivity index (χ0) is 20.4. The van der Waals surface area contributed by atoms with Gasteiger partial charge < -0.3 is 22.5 Å². The van der Waals surface area contributed by atoms with Crippen LogP contribution in [0.25, 0.3) is 0 Å². The molecule has 0 spiro atoms. The highest BCUT2D eigenvalue weighted by molar-refractivity contribution is 5.49. The van der Waals surface area contributed by atoms with Gasteiger partial charge in [-0.15, -0.1) is 0 Å². The number of anilines is 1. The number of hydrogen-bond donors (Lipinski definition) is 4. The average Bonchev–Trinajstić information content (AvgIpc) is 2.60. The lowest BCUT2D eigenvalue weighted by Crippen LogP contribution is -2.54. The normalized spacial score (nSPS) is 11.1. The van der Waals surface area contributed by atoms with Gasteiger partial charge in [0, 0.05) is 28.1 Å². The molecule has 0 fully saturated rings. The minimum Gasteiger partial charge on any atom is -0.401 e. The number of carbonyl (C=O) groups excluding carboxylic acids is 1. The third-order valence-electron chi connectivity index (χ3n) is 3.66. The van der Waals surface area contributed by atoms with E-state index in [1.165, 1.54) is 5.56 Å². The Kier molecular flexibility index (Phi) is 8.12. The smallest absolute Gasteiger partial charge is 0.207 e. The maximum atomic E-state index is 10.1. The lowest BCUT2D eigenvalue weighted by atomic mass is 9.94. The molecule has 0 heterocycles. The van der Waals surface area contributed by atoms with Crippen LogP contribution in [-0.2, 0) is 4.79 Å². The Labute approximate surface area is 161 Å². The molecule has 2 aromatic rings. The van der Waals surface area contributed by atoms with Crippen molar-refractivity contribution in [2.45, 2.75) is 32.4 Å². The van der Waals surface area contributed by atoms with Gasteiger partial charge in [-0.05, 0) is 57.2 Å². The van der Waals surface area contributed by atoms with Crippen molar-refractivity contribution in [1.82, 2.24) is 5.32 Å². The molecule has 0 aliphatic carbocycles. The minimum absolute atomic E-state index is 0.365. The number of rotatable bonds is 4. The number of carbonyl (C=O) groups is 1. The van der Waals surface area contributed by atoms with Gasteiger partial charge in [0.25, 0.3) is 0 Å². The molecule has 2 aromatic carbocycles. The monoisotopic (exact) mass is 364 g/mol. The first-order valence-electron chi connectivity index (χ1n) is 8.50. The number of aryl methyl sites for hydroxylation is 1. The number of benzene rings is 2. The second-order valence-electron chi connectivity index (χ2n) is 6.85. The van der Waals surface area contributed by atoms with Crippen molar-refractivity contribution in [2.24, 2.45) is 11.5 Å². The second kappa shape index (κ2) is 10.0. The van der Waals surface area contributed by atoms with Crippen LogP contribution < -0.4 is 22.5 Å². The van der Waals surface area contributed by atoms with E-state index in [1.807, 2.05) is 36.4 Å². The topological polar surface area (TPSA) is 107 Å². The maximum Gasteiger partial charge on any atom is 0.207 e. The molecule has 27 heavy (non-hydrogen) atoms. The van der Waals surface area contributed by atoms with Gasteiger partial charge in [-0.25, -0.2) is 0 Å². The summed E-state index contributed by atoms with van der Waals surface area (Å²) in [6.07, 6.45) is 0.567. The summed E-state index contributed by atoms with van der Waals surface area (Å²) in [4.78, 5) is 10.1. The lowest BCUT2D eigenvalue weighted by molar-refractivity contribution is -0.110. The number of nitrogens with two attached hydrogens (primary N) is 3. The summed E-state index contributed by atoms with van der Waals surface area (Å²) in [5, 5.41) is 2.49. The first kappa shape index (κ1) is 21.8. The van der Waals surface area contributed by atoms with E-state index >= 15 is 0 Å². The molecule has 5 nitrogen and oxygen atoms in total. The Hall–Kier alpha value is -3.23. The minimum atomic E-state index is -0.577. The van der Waals surface area contributed by atoms with Crippen LogP contribution in [0.1, 0.15) is 30.5 Å². The van der Waals surface area contributed by atoms with Crippen molar-refractivity contribution >= 4 is 12.1 Å². The molecule has 0 aliphatic heterocycles. The summed E-state index contributed by atoms with van der Waals surface area (Å²) in [7, 11) is 0. The molecular weight excluding hydrogens is 336 g/mol. The van der Waals surface area contributed by atoms with E-state index in [0.717, 1.165) is 16.8 Å². The van der Waals surface area contributed by atoms with Gasteiger partial charge >= 0.3 is 0 Å². The van der Waals surface area contributed by atoms with Gasteiger partial charge in [0.05, 0.1) is 6.04 Å². The molecule has 5 heteroatoms. The zero-order valence-electron chi connectivity index (χ0n) is 16.1. The largest absolute Gasteiger partial charge is 0.401 e. The van der Waals surface area contributed by atoms with Crippen molar-refractivity contribution in [3.63, 3.8) is 0 Å². The Balaban J connectivity index is 0.000000293. The van der Waals surface area contributed by atoms with Crippen molar-refractivity contribution in [2.75, 3.05) is 5.73 Å². The van der Waals surface area contributed by atoms with Crippen LogP contribution in [0.5, 0.6) is 0 Å². The molecule has 0 aliphatic rings. The van der Waals surface area contributed by atoms with Gasteiger partial charge in [0.15, 0.2) is 0 Å². The summed E-state index contributed by atoms with van der Waals surface area (Å²) in [6, 6.07) is 15.4. The van der Waals surface area contributed by atoms with Crippen molar-refractivity contribution in [3.05, 3.63) is 77.5 Å². The van der Waals surface area contributed by atoms with Crippen molar-refractivity contribution in [1.29, 1.82) is 0 Å². The van der Waals surface area contributed by atoms with E-state index in [1.54, 1.807) is 13.8 Å². The molecule has 0 aromatic heterocycles. The molecule has 7 N–H and O–H groups in total. The molecule has 1 amide bonds. The van der Waals surface area contributed by atoms with Crippen LogP contribution in [0.3, 0.4) is 0 Å². The summed E-state index contributed by atoms with van der Waals surface area (Å²) < 4.78 is 0. The number of amides is 1. The zero-order valence-corrected chi connectivity index (χ0v) is 16.1. The number of nitrogen functional groups attached to an aromatic ring is 1. The Bertz CT molecular complexity index is 757. The molecule has 0 radical (unpaired) electrons. The number of hydrogen-bond acceptors (Lipinski definition) is 4. The standard InChI is InChI=1S/C15H13N.C7H15N3O/c1-12-2-4-13(5-3-12)6-7-14-8-10-15(16)11-9-14;1-5(8)6(10-4-11)7(2,3)9/h2-5,8-11H,16H2,1H3;4,6H,1,8-9H2,2-3H3,(H,10,11). The van der Waals surface area contributed by atoms with Crippen LogP contribution in [0.2, 0.25) is 0 Å². The van der Waals surface area contributed by atoms with Gasteiger partial charge in [-0.1, -0.05) is 36.1 Å². The SMILES string of the molecule is C=C(N)C(NC=O)C(C)(C)N.Cc1ccc(C#Cc2ccc(N)cc2)cc1. The third-order valence-corrected chi connectivity index (χ3v) is 3.66. The van der Waals surface area contributed by atoms with E-state index in [9.17, 15) is 4.79 Å². The van der Waals surface area contributed by atoms with Crippen LogP contribution in [0.15, 0.2) is 60.8 Å². The first-order valence-corrected chi connectivity index (χ1v) is 8.50. The first-order chi connectivity index (χ1) is 12.6. The van der Waals surface area contributed by atoms with Crippen LogP contribution in [0.4, 0.5) is 5.69 Å². The van der Waals surface area contributed by atoms with Crippen LogP contribution >= 0.6 is 0 Å². The molecule has 0 saturated carbocycles. The third kappa shape index (κ3) is 8.13. The van der Waals surface area contributed by atoms with Gasteiger partial charge in [0.2, 0.25) is 6.41 Å².